The molecule has 3 atom stereocenters. The number of hydrogen-bond acceptors (Lipinski definition) is 5. The van der Waals surface area contributed by atoms with Gasteiger partial charge in [-0.05, 0) is 17.7 Å². The maximum Gasteiger partial charge on any atom is 0.309 e. The van der Waals surface area contributed by atoms with Gasteiger partial charge in [-0.25, -0.2) is 0 Å². The third-order valence-electron chi connectivity index (χ3n) is 5.30. The molecule has 0 bridgehead atoms. The highest BCUT2D eigenvalue weighted by Gasteiger charge is 2.33. The van der Waals surface area contributed by atoms with E-state index in [0.717, 1.165) is 5.56 Å². The van der Waals surface area contributed by atoms with Crippen LogP contribution in [0.2, 0.25) is 0 Å². The van der Waals surface area contributed by atoms with Gasteiger partial charge in [0.05, 0.1) is 13.0 Å². The van der Waals surface area contributed by atoms with E-state index >= 15 is 0 Å². The minimum Gasteiger partial charge on any atom is -0.680 e. The molecule has 3 N–H and O–H groups in total. The maximum absolute atomic E-state index is 12.6. The third-order valence-corrected chi connectivity index (χ3v) is 5.30. The number of fused-ring (bicyclic) bond motifs is 1. The van der Waals surface area contributed by atoms with Gasteiger partial charge in [-0.15, -0.1) is 12.2 Å². The van der Waals surface area contributed by atoms with Crippen molar-refractivity contribution in [3.8, 4) is 0 Å². The SMILES string of the molecule is N=C(CC(=O)O)c1ccccc1[N-]Cc1ccc(NC(=O)C2COC3C=CC=CC3O2)cc1. The van der Waals surface area contributed by atoms with Crippen molar-refractivity contribution in [3.63, 3.8) is 0 Å². The molecule has 3 unspecified atom stereocenters. The molecular weight excluding hydrogens is 422 g/mol. The van der Waals surface area contributed by atoms with Crippen LogP contribution in [-0.2, 0) is 25.6 Å². The number of amides is 1. The second kappa shape index (κ2) is 10.2. The largest absolute Gasteiger partial charge is 0.680 e. The number of rotatable bonds is 8. The molecule has 1 heterocycles. The molecule has 1 fully saturated rings. The number of nitrogens with zero attached hydrogens (tertiary/aromatic N) is 1. The normalized spacial score (nSPS) is 21.2. The van der Waals surface area contributed by atoms with Crippen molar-refractivity contribution in [2.75, 3.05) is 11.9 Å². The fourth-order valence-electron chi connectivity index (χ4n) is 3.61. The van der Waals surface area contributed by atoms with Crippen LogP contribution in [0.3, 0.4) is 0 Å². The summed E-state index contributed by atoms with van der Waals surface area (Å²) in [5, 5.41) is 24.3. The number of para-hydroxylation sites is 1. The maximum atomic E-state index is 12.6. The molecule has 1 aliphatic carbocycles. The van der Waals surface area contributed by atoms with Crippen LogP contribution in [0.1, 0.15) is 17.5 Å². The first kappa shape index (κ1) is 22.4. The first-order valence-corrected chi connectivity index (χ1v) is 10.6. The number of carbonyl (C=O) groups excluding carboxylic acids is 1. The highest BCUT2D eigenvalue weighted by Crippen LogP contribution is 2.27. The molecule has 1 aliphatic heterocycles. The van der Waals surface area contributed by atoms with Crippen LogP contribution < -0.4 is 5.32 Å². The topological polar surface area (TPSA) is 123 Å². The van der Waals surface area contributed by atoms with E-state index in [9.17, 15) is 9.59 Å². The average Bonchev–Trinajstić information content (AvgIpc) is 2.83. The molecule has 1 amide bonds. The van der Waals surface area contributed by atoms with E-state index in [1.54, 1.807) is 36.4 Å². The molecule has 0 radical (unpaired) electrons. The van der Waals surface area contributed by atoms with Crippen molar-refractivity contribution in [2.24, 2.45) is 0 Å². The second-order valence-electron chi connectivity index (χ2n) is 7.73. The van der Waals surface area contributed by atoms with Crippen LogP contribution >= 0.6 is 0 Å². The Labute approximate surface area is 191 Å². The summed E-state index contributed by atoms with van der Waals surface area (Å²) >= 11 is 0. The molecule has 2 aromatic carbocycles. The first-order chi connectivity index (χ1) is 16.0. The quantitative estimate of drug-likeness (QED) is 0.530. The lowest BCUT2D eigenvalue weighted by molar-refractivity contribution is -0.164. The van der Waals surface area contributed by atoms with Gasteiger partial charge in [0.1, 0.15) is 12.2 Å². The summed E-state index contributed by atoms with van der Waals surface area (Å²) < 4.78 is 11.6. The molecule has 8 heteroatoms. The van der Waals surface area contributed by atoms with Gasteiger partial charge in [0, 0.05) is 11.4 Å². The summed E-state index contributed by atoms with van der Waals surface area (Å²) in [5.41, 5.74) is 2.63. The van der Waals surface area contributed by atoms with Crippen molar-refractivity contribution < 1.29 is 24.2 Å². The molecular formula is C25H24N3O5-. The zero-order valence-corrected chi connectivity index (χ0v) is 17.8. The van der Waals surface area contributed by atoms with Crippen LogP contribution in [-0.4, -0.2) is 47.6 Å². The summed E-state index contributed by atoms with van der Waals surface area (Å²) in [7, 11) is 0. The van der Waals surface area contributed by atoms with Gasteiger partial charge in [0.25, 0.3) is 5.91 Å². The molecule has 0 spiro atoms. The van der Waals surface area contributed by atoms with Crippen LogP contribution in [0, 0.1) is 5.41 Å². The molecule has 1 saturated heterocycles. The van der Waals surface area contributed by atoms with E-state index in [1.807, 2.05) is 36.4 Å². The van der Waals surface area contributed by atoms with E-state index < -0.39 is 12.1 Å². The molecule has 33 heavy (non-hydrogen) atoms. The Morgan fingerprint density at radius 3 is 2.55 bits per heavy atom. The highest BCUT2D eigenvalue weighted by atomic mass is 16.6. The van der Waals surface area contributed by atoms with Crippen LogP contribution in [0.15, 0.2) is 72.8 Å². The summed E-state index contributed by atoms with van der Waals surface area (Å²) in [6.07, 6.45) is 6.11. The zero-order chi connectivity index (χ0) is 23.2. The minimum atomic E-state index is -1.05. The Morgan fingerprint density at radius 2 is 1.79 bits per heavy atom. The summed E-state index contributed by atoms with van der Waals surface area (Å²) in [6, 6.07) is 14.3. The van der Waals surface area contributed by atoms with Crippen LogP contribution in [0.25, 0.3) is 5.32 Å². The number of allylic oxidation sites excluding steroid dienone is 2. The van der Waals surface area contributed by atoms with E-state index in [4.69, 9.17) is 20.0 Å². The number of carboxylic acid groups (broad SMARTS) is 1. The van der Waals surface area contributed by atoms with Gasteiger partial charge in [-0.1, -0.05) is 66.3 Å². The number of anilines is 1. The zero-order valence-electron chi connectivity index (χ0n) is 17.8. The van der Waals surface area contributed by atoms with Gasteiger partial charge in [-0.2, -0.15) is 0 Å². The monoisotopic (exact) mass is 446 g/mol. The van der Waals surface area contributed by atoms with Crippen LogP contribution in [0.4, 0.5) is 11.4 Å². The van der Waals surface area contributed by atoms with Crippen molar-refractivity contribution in [2.45, 2.75) is 31.3 Å². The van der Waals surface area contributed by atoms with Gasteiger partial charge in [-0.3, -0.25) is 9.59 Å². The molecule has 170 valence electrons. The third kappa shape index (κ3) is 5.74. The Bertz CT molecular complexity index is 1090. The first-order valence-electron chi connectivity index (χ1n) is 10.6. The highest BCUT2D eigenvalue weighted by molar-refractivity contribution is 6.10. The number of hydrogen-bond donors (Lipinski definition) is 3. The fraction of sp³-hybridized carbons (Fsp3) is 0.240. The number of carbonyl (C=O) groups is 2. The molecule has 0 saturated carbocycles. The van der Waals surface area contributed by atoms with Crippen molar-refractivity contribution >= 4 is 29.0 Å². The fourth-order valence-corrected chi connectivity index (χ4v) is 3.61. The van der Waals surface area contributed by atoms with E-state index in [1.165, 1.54) is 0 Å². The van der Waals surface area contributed by atoms with Gasteiger partial charge >= 0.3 is 5.97 Å². The molecule has 2 aliphatic rings. The van der Waals surface area contributed by atoms with Gasteiger partial charge in [0.15, 0.2) is 6.10 Å². The summed E-state index contributed by atoms with van der Waals surface area (Å²) in [6.45, 7) is 0.548. The predicted molar refractivity (Wildman–Crippen MR) is 124 cm³/mol. The molecule has 0 aromatic heterocycles. The summed E-state index contributed by atoms with van der Waals surface area (Å²) in [5.74, 6) is -1.32. The number of carboxylic acids is 1. The smallest absolute Gasteiger partial charge is 0.309 e. The molecule has 4 rings (SSSR count). The van der Waals surface area contributed by atoms with E-state index in [0.29, 0.717) is 23.5 Å². The minimum absolute atomic E-state index is 0.0138. The predicted octanol–water partition coefficient (Wildman–Crippen LogP) is 3.95. The lowest BCUT2D eigenvalue weighted by atomic mass is 10.0. The van der Waals surface area contributed by atoms with Crippen molar-refractivity contribution in [1.82, 2.24) is 0 Å². The lowest BCUT2D eigenvalue weighted by Gasteiger charge is -2.34. The van der Waals surface area contributed by atoms with Gasteiger partial charge in [0.2, 0.25) is 0 Å². The average molecular weight is 446 g/mol. The Kier molecular flexibility index (Phi) is 6.97. The Hall–Kier alpha value is -3.75. The molecule has 2 aromatic rings. The van der Waals surface area contributed by atoms with Crippen LogP contribution in [0.5, 0.6) is 0 Å². The summed E-state index contributed by atoms with van der Waals surface area (Å²) in [4.78, 5) is 23.5. The molecule has 8 nitrogen and oxygen atoms in total. The van der Waals surface area contributed by atoms with Gasteiger partial charge < -0.3 is 30.6 Å². The van der Waals surface area contributed by atoms with Crippen molar-refractivity contribution in [3.05, 3.63) is 89.3 Å². The van der Waals surface area contributed by atoms with E-state index in [2.05, 4.69) is 10.6 Å². The Balaban J connectivity index is 1.32. The van der Waals surface area contributed by atoms with E-state index in [-0.39, 0.29) is 36.9 Å². The van der Waals surface area contributed by atoms with Crippen molar-refractivity contribution in [1.29, 1.82) is 5.41 Å². The Morgan fingerprint density at radius 1 is 1.06 bits per heavy atom. The lowest BCUT2D eigenvalue weighted by Crippen LogP contribution is -2.47. The number of ether oxygens (including phenoxy) is 2. The standard InChI is InChI=1S/C25H25N3O5/c26-19(13-24(29)30)18-5-1-2-6-20(18)27-14-16-9-11-17(12-10-16)28-25(31)23-15-32-21-7-3-4-8-22(21)33-23/h1-12,21-23H,13-15H2,(H4,26,27,28,29,30,31)/p-1. The second-order valence-corrected chi connectivity index (χ2v) is 7.73. The number of benzene rings is 2. The number of aliphatic carboxylic acids is 1. The number of nitrogens with one attached hydrogen (secondary N) is 2.